The van der Waals surface area contributed by atoms with Crippen molar-refractivity contribution in [3.63, 3.8) is 0 Å². The zero-order valence-electron chi connectivity index (χ0n) is 13.9. The standard InChI is InChI=1S/C21H20N2O/c1-23(2)20-11-9-19(10-12-20)22-14-13-21(24)18-8-7-16-5-3-4-6-17(16)15-18/h3-15,22H,1-2H3/b14-13+. The Labute approximate surface area is 142 Å². The van der Waals surface area contributed by atoms with Crippen molar-refractivity contribution in [2.24, 2.45) is 0 Å². The van der Waals surface area contributed by atoms with Gasteiger partial charge in [-0.3, -0.25) is 4.79 Å². The average Bonchev–Trinajstić information content (AvgIpc) is 2.61. The van der Waals surface area contributed by atoms with Crippen LogP contribution in [0, 0.1) is 0 Å². The first-order valence-electron chi connectivity index (χ1n) is 7.87. The van der Waals surface area contributed by atoms with Gasteiger partial charge in [-0.15, -0.1) is 0 Å². The van der Waals surface area contributed by atoms with Gasteiger partial charge in [-0.05, 0) is 41.1 Å². The second kappa shape index (κ2) is 7.01. The molecule has 0 radical (unpaired) electrons. The zero-order chi connectivity index (χ0) is 16.9. The zero-order valence-corrected chi connectivity index (χ0v) is 13.9. The summed E-state index contributed by atoms with van der Waals surface area (Å²) in [6.45, 7) is 0. The molecule has 0 saturated heterocycles. The smallest absolute Gasteiger partial charge is 0.187 e. The Bertz CT molecular complexity index is 880. The number of fused-ring (bicyclic) bond motifs is 1. The average molecular weight is 316 g/mol. The number of carbonyl (C=O) groups is 1. The molecule has 0 aliphatic heterocycles. The van der Waals surface area contributed by atoms with Crippen molar-refractivity contribution in [1.82, 2.24) is 0 Å². The number of rotatable bonds is 5. The number of benzene rings is 3. The summed E-state index contributed by atoms with van der Waals surface area (Å²) in [6, 6.07) is 21.8. The summed E-state index contributed by atoms with van der Waals surface area (Å²) in [5.74, 6) is -0.0156. The molecule has 3 rings (SSSR count). The monoisotopic (exact) mass is 316 g/mol. The van der Waals surface area contributed by atoms with Crippen LogP contribution < -0.4 is 10.2 Å². The van der Waals surface area contributed by atoms with Crippen molar-refractivity contribution >= 4 is 27.9 Å². The topological polar surface area (TPSA) is 32.3 Å². The minimum atomic E-state index is -0.0156. The van der Waals surface area contributed by atoms with Crippen molar-refractivity contribution in [3.05, 3.63) is 84.6 Å². The third-order valence-electron chi connectivity index (χ3n) is 3.90. The van der Waals surface area contributed by atoms with E-state index in [0.29, 0.717) is 5.56 Å². The molecule has 0 aliphatic carbocycles. The minimum Gasteiger partial charge on any atom is -0.378 e. The van der Waals surface area contributed by atoms with E-state index in [2.05, 4.69) is 5.32 Å². The van der Waals surface area contributed by atoms with E-state index in [0.717, 1.165) is 22.1 Å². The van der Waals surface area contributed by atoms with Crippen LogP contribution in [0.15, 0.2) is 79.0 Å². The molecule has 0 atom stereocenters. The number of carbonyl (C=O) groups excluding carboxylic acids is 1. The van der Waals surface area contributed by atoms with Crippen molar-refractivity contribution in [2.45, 2.75) is 0 Å². The third kappa shape index (κ3) is 3.63. The first-order chi connectivity index (χ1) is 11.6. The van der Waals surface area contributed by atoms with E-state index in [1.54, 1.807) is 12.3 Å². The molecule has 0 unspecified atom stereocenters. The number of anilines is 2. The summed E-state index contributed by atoms with van der Waals surface area (Å²) < 4.78 is 0. The maximum atomic E-state index is 12.3. The van der Waals surface area contributed by atoms with Gasteiger partial charge in [0.2, 0.25) is 0 Å². The van der Waals surface area contributed by atoms with Crippen molar-refractivity contribution < 1.29 is 4.79 Å². The van der Waals surface area contributed by atoms with E-state index in [4.69, 9.17) is 0 Å². The number of ketones is 1. The summed E-state index contributed by atoms with van der Waals surface area (Å²) >= 11 is 0. The summed E-state index contributed by atoms with van der Waals surface area (Å²) in [6.07, 6.45) is 3.24. The molecule has 3 aromatic carbocycles. The van der Waals surface area contributed by atoms with Crippen LogP contribution in [0.25, 0.3) is 10.8 Å². The maximum Gasteiger partial charge on any atom is 0.187 e. The molecule has 0 aliphatic rings. The molecule has 0 aromatic heterocycles. The van der Waals surface area contributed by atoms with Crippen molar-refractivity contribution in [1.29, 1.82) is 0 Å². The lowest BCUT2D eigenvalue weighted by Crippen LogP contribution is -2.08. The number of nitrogens with zero attached hydrogens (tertiary/aromatic N) is 1. The number of nitrogens with one attached hydrogen (secondary N) is 1. The fraction of sp³-hybridized carbons (Fsp3) is 0.0952. The van der Waals surface area contributed by atoms with Gasteiger partial charge in [0.25, 0.3) is 0 Å². The molecular formula is C21H20N2O. The number of hydrogen-bond acceptors (Lipinski definition) is 3. The SMILES string of the molecule is CN(C)c1ccc(N/C=C/C(=O)c2ccc3ccccc3c2)cc1. The lowest BCUT2D eigenvalue weighted by Gasteiger charge is -2.12. The Morgan fingerprint density at radius 1 is 0.917 bits per heavy atom. The number of hydrogen-bond donors (Lipinski definition) is 1. The van der Waals surface area contributed by atoms with E-state index < -0.39 is 0 Å². The van der Waals surface area contributed by atoms with E-state index >= 15 is 0 Å². The summed E-state index contributed by atoms with van der Waals surface area (Å²) in [5, 5.41) is 5.34. The van der Waals surface area contributed by atoms with E-state index in [1.165, 1.54) is 0 Å². The first kappa shape index (κ1) is 15.8. The van der Waals surface area contributed by atoms with Crippen LogP contribution in [-0.4, -0.2) is 19.9 Å². The molecule has 0 amide bonds. The van der Waals surface area contributed by atoms with Crippen LogP contribution in [0.4, 0.5) is 11.4 Å². The highest BCUT2D eigenvalue weighted by Gasteiger charge is 2.02. The van der Waals surface area contributed by atoms with Crippen molar-refractivity contribution in [3.8, 4) is 0 Å². The molecule has 0 bridgehead atoms. The highest BCUT2D eigenvalue weighted by molar-refractivity contribution is 6.06. The van der Waals surface area contributed by atoms with Gasteiger partial charge in [0, 0.05) is 43.3 Å². The van der Waals surface area contributed by atoms with Gasteiger partial charge >= 0.3 is 0 Å². The van der Waals surface area contributed by atoms with Crippen LogP contribution in [-0.2, 0) is 0 Å². The Balaban J connectivity index is 1.67. The van der Waals surface area contributed by atoms with Gasteiger partial charge in [-0.2, -0.15) is 0 Å². The normalized spacial score (nSPS) is 10.9. The molecule has 0 spiro atoms. The fourth-order valence-electron chi connectivity index (χ4n) is 2.51. The van der Waals surface area contributed by atoms with Gasteiger partial charge < -0.3 is 10.2 Å². The molecule has 0 saturated carbocycles. The van der Waals surface area contributed by atoms with Gasteiger partial charge in [0.05, 0.1) is 0 Å². The van der Waals surface area contributed by atoms with Gasteiger partial charge in [-0.25, -0.2) is 0 Å². The highest BCUT2D eigenvalue weighted by atomic mass is 16.1. The third-order valence-corrected chi connectivity index (χ3v) is 3.90. The number of allylic oxidation sites excluding steroid dienone is 1. The quantitative estimate of drug-likeness (QED) is 0.546. The molecule has 24 heavy (non-hydrogen) atoms. The minimum absolute atomic E-state index is 0.0156. The Morgan fingerprint density at radius 3 is 2.33 bits per heavy atom. The van der Waals surface area contributed by atoms with E-state index in [-0.39, 0.29) is 5.78 Å². The van der Waals surface area contributed by atoms with Gasteiger partial charge in [0.1, 0.15) is 0 Å². The summed E-state index contributed by atoms with van der Waals surface area (Å²) in [4.78, 5) is 14.3. The molecular weight excluding hydrogens is 296 g/mol. The first-order valence-corrected chi connectivity index (χ1v) is 7.87. The van der Waals surface area contributed by atoms with Gasteiger partial charge in [0.15, 0.2) is 5.78 Å². The summed E-state index contributed by atoms with van der Waals surface area (Å²) in [5.41, 5.74) is 2.77. The highest BCUT2D eigenvalue weighted by Crippen LogP contribution is 2.17. The lowest BCUT2D eigenvalue weighted by molar-refractivity contribution is 0.104. The largest absolute Gasteiger partial charge is 0.378 e. The maximum absolute atomic E-state index is 12.3. The van der Waals surface area contributed by atoms with Crippen LogP contribution in [0.3, 0.4) is 0 Å². The van der Waals surface area contributed by atoms with Gasteiger partial charge in [-0.1, -0.05) is 36.4 Å². The van der Waals surface area contributed by atoms with Crippen LogP contribution in [0.5, 0.6) is 0 Å². The molecule has 120 valence electrons. The fourth-order valence-corrected chi connectivity index (χ4v) is 2.51. The molecule has 0 fully saturated rings. The molecule has 0 heterocycles. The van der Waals surface area contributed by atoms with E-state index in [1.807, 2.05) is 85.7 Å². The Kier molecular flexibility index (Phi) is 4.62. The lowest BCUT2D eigenvalue weighted by atomic mass is 10.0. The van der Waals surface area contributed by atoms with E-state index in [9.17, 15) is 4.79 Å². The van der Waals surface area contributed by atoms with Crippen LogP contribution in [0.1, 0.15) is 10.4 Å². The van der Waals surface area contributed by atoms with Crippen LogP contribution in [0.2, 0.25) is 0 Å². The molecule has 3 heteroatoms. The Hall–Kier alpha value is -3.07. The van der Waals surface area contributed by atoms with Crippen LogP contribution >= 0.6 is 0 Å². The second-order valence-corrected chi connectivity index (χ2v) is 5.85. The molecule has 3 nitrogen and oxygen atoms in total. The summed E-state index contributed by atoms with van der Waals surface area (Å²) in [7, 11) is 4.01. The molecule has 3 aromatic rings. The Morgan fingerprint density at radius 2 is 1.62 bits per heavy atom. The second-order valence-electron chi connectivity index (χ2n) is 5.85. The van der Waals surface area contributed by atoms with Crippen molar-refractivity contribution in [2.75, 3.05) is 24.3 Å². The molecule has 1 N–H and O–H groups in total. The predicted molar refractivity (Wildman–Crippen MR) is 102 cm³/mol. The predicted octanol–water partition coefficient (Wildman–Crippen LogP) is 4.71.